The standard InChI is InChI=1S/C24H19NO6/c1-30-24(29)16-8-2-9-17(14-16)31-20(26)12-5-13-25-22(27)18-10-3-6-15-7-4-11-19(21(15)18)23(25)28/h2-4,6-11,14H,5,12-13H2,1H3. The zero-order valence-corrected chi connectivity index (χ0v) is 16.8. The molecule has 3 aromatic carbocycles. The Labute approximate surface area is 178 Å². The van der Waals surface area contributed by atoms with E-state index < -0.39 is 11.9 Å². The summed E-state index contributed by atoms with van der Waals surface area (Å²) in [5.41, 5.74) is 1.23. The minimum atomic E-state index is -0.532. The van der Waals surface area contributed by atoms with Crippen LogP contribution in [0.5, 0.6) is 5.75 Å². The average molecular weight is 417 g/mol. The highest BCUT2D eigenvalue weighted by molar-refractivity contribution is 6.25. The van der Waals surface area contributed by atoms with Gasteiger partial charge in [0.05, 0.1) is 12.7 Å². The summed E-state index contributed by atoms with van der Waals surface area (Å²) < 4.78 is 9.91. The summed E-state index contributed by atoms with van der Waals surface area (Å²) in [5.74, 6) is -1.57. The lowest BCUT2D eigenvalue weighted by molar-refractivity contribution is -0.134. The first-order chi connectivity index (χ1) is 15.0. The quantitative estimate of drug-likeness (QED) is 0.346. The Bertz CT molecular complexity index is 1160. The Hall–Kier alpha value is -4.00. The maximum atomic E-state index is 12.9. The zero-order chi connectivity index (χ0) is 22.0. The number of nitrogens with zero attached hydrogens (tertiary/aromatic N) is 1. The number of amides is 2. The van der Waals surface area contributed by atoms with Crippen LogP contribution in [0.3, 0.4) is 0 Å². The molecule has 0 N–H and O–H groups in total. The zero-order valence-electron chi connectivity index (χ0n) is 16.8. The molecule has 1 heterocycles. The van der Waals surface area contributed by atoms with Crippen molar-refractivity contribution in [1.82, 2.24) is 4.90 Å². The molecule has 0 saturated heterocycles. The molecule has 1 aliphatic rings. The van der Waals surface area contributed by atoms with Crippen LogP contribution in [0, 0.1) is 0 Å². The lowest BCUT2D eigenvalue weighted by Crippen LogP contribution is -2.41. The van der Waals surface area contributed by atoms with Gasteiger partial charge in [0.2, 0.25) is 0 Å². The molecule has 31 heavy (non-hydrogen) atoms. The SMILES string of the molecule is COC(=O)c1cccc(OC(=O)CCCN2C(=O)c3cccc4cccc(c34)C2=O)c1. The molecule has 0 spiro atoms. The Balaban J connectivity index is 1.40. The lowest BCUT2D eigenvalue weighted by Gasteiger charge is -2.27. The molecular formula is C24H19NO6. The molecule has 0 aromatic heterocycles. The normalized spacial score (nSPS) is 12.7. The average Bonchev–Trinajstić information content (AvgIpc) is 2.79. The number of benzene rings is 3. The Morgan fingerprint density at radius 1 is 0.903 bits per heavy atom. The highest BCUT2D eigenvalue weighted by Gasteiger charge is 2.32. The van der Waals surface area contributed by atoms with Crippen LogP contribution < -0.4 is 4.74 Å². The molecule has 0 atom stereocenters. The smallest absolute Gasteiger partial charge is 0.337 e. The summed E-state index contributed by atoms with van der Waals surface area (Å²) in [4.78, 5) is 50.7. The van der Waals surface area contributed by atoms with E-state index in [4.69, 9.17) is 4.74 Å². The van der Waals surface area contributed by atoms with Gasteiger partial charge in [-0.25, -0.2) is 4.79 Å². The van der Waals surface area contributed by atoms with E-state index >= 15 is 0 Å². The van der Waals surface area contributed by atoms with Crippen molar-refractivity contribution in [3.8, 4) is 5.75 Å². The van der Waals surface area contributed by atoms with Crippen LogP contribution in [0.15, 0.2) is 60.7 Å². The number of methoxy groups -OCH3 is 1. The minimum Gasteiger partial charge on any atom is -0.465 e. The summed E-state index contributed by atoms with van der Waals surface area (Å²) in [6, 6.07) is 16.8. The molecule has 0 radical (unpaired) electrons. The number of rotatable bonds is 6. The van der Waals surface area contributed by atoms with Gasteiger partial charge in [-0.2, -0.15) is 0 Å². The summed E-state index contributed by atoms with van der Waals surface area (Å²) in [7, 11) is 1.27. The van der Waals surface area contributed by atoms with E-state index in [1.165, 1.54) is 18.1 Å². The van der Waals surface area contributed by atoms with Crippen molar-refractivity contribution < 1.29 is 28.7 Å². The third-order valence-electron chi connectivity index (χ3n) is 5.11. The van der Waals surface area contributed by atoms with Gasteiger partial charge in [0.25, 0.3) is 11.8 Å². The fourth-order valence-electron chi connectivity index (χ4n) is 3.65. The number of hydrogen-bond donors (Lipinski definition) is 0. The monoisotopic (exact) mass is 417 g/mol. The van der Waals surface area contributed by atoms with Crippen molar-refractivity contribution in [2.75, 3.05) is 13.7 Å². The van der Waals surface area contributed by atoms with Crippen LogP contribution in [0.25, 0.3) is 10.8 Å². The summed E-state index contributed by atoms with van der Waals surface area (Å²) in [6.07, 6.45) is 0.260. The van der Waals surface area contributed by atoms with Gasteiger partial charge >= 0.3 is 11.9 Å². The summed E-state index contributed by atoms with van der Waals surface area (Å²) in [5, 5.41) is 1.51. The number of esters is 2. The predicted octanol–water partition coefficient (Wildman–Crippen LogP) is 3.61. The number of hydrogen-bond acceptors (Lipinski definition) is 6. The van der Waals surface area contributed by atoms with Gasteiger partial charge in [0, 0.05) is 29.5 Å². The molecule has 1 aliphatic heterocycles. The van der Waals surface area contributed by atoms with E-state index in [-0.39, 0.29) is 42.5 Å². The molecule has 2 amide bonds. The Morgan fingerprint density at radius 3 is 2.19 bits per heavy atom. The molecule has 0 fully saturated rings. The lowest BCUT2D eigenvalue weighted by atomic mass is 9.94. The molecule has 7 nitrogen and oxygen atoms in total. The second-order valence-electron chi connectivity index (χ2n) is 7.07. The number of ether oxygens (including phenoxy) is 2. The van der Waals surface area contributed by atoms with Gasteiger partial charge < -0.3 is 9.47 Å². The van der Waals surface area contributed by atoms with Crippen LogP contribution in [0.1, 0.15) is 43.9 Å². The van der Waals surface area contributed by atoms with Crippen molar-refractivity contribution in [1.29, 1.82) is 0 Å². The maximum absolute atomic E-state index is 12.9. The molecule has 0 bridgehead atoms. The van der Waals surface area contributed by atoms with Crippen LogP contribution in [0.4, 0.5) is 0 Å². The van der Waals surface area contributed by atoms with Crippen LogP contribution in [0.2, 0.25) is 0 Å². The topological polar surface area (TPSA) is 90.0 Å². The second kappa shape index (κ2) is 8.39. The van der Waals surface area contributed by atoms with Crippen molar-refractivity contribution in [2.24, 2.45) is 0 Å². The van der Waals surface area contributed by atoms with Crippen molar-refractivity contribution in [3.63, 3.8) is 0 Å². The predicted molar refractivity (Wildman–Crippen MR) is 112 cm³/mol. The van der Waals surface area contributed by atoms with Crippen LogP contribution in [-0.4, -0.2) is 42.3 Å². The highest BCUT2D eigenvalue weighted by Crippen LogP contribution is 2.30. The van der Waals surface area contributed by atoms with Crippen molar-refractivity contribution in [2.45, 2.75) is 12.8 Å². The number of carbonyl (C=O) groups excluding carboxylic acids is 4. The molecule has 0 saturated carbocycles. The fraction of sp³-hybridized carbons (Fsp3) is 0.167. The molecule has 4 rings (SSSR count). The van der Waals surface area contributed by atoms with Gasteiger partial charge in [-0.3, -0.25) is 19.3 Å². The van der Waals surface area contributed by atoms with Gasteiger partial charge in [-0.15, -0.1) is 0 Å². The van der Waals surface area contributed by atoms with Gasteiger partial charge in [-0.1, -0.05) is 30.3 Å². The molecule has 3 aromatic rings. The molecule has 0 unspecified atom stereocenters. The summed E-state index contributed by atoms with van der Waals surface area (Å²) >= 11 is 0. The number of imide groups is 1. The van der Waals surface area contributed by atoms with E-state index in [0.29, 0.717) is 16.5 Å². The first kappa shape index (κ1) is 20.3. The van der Waals surface area contributed by atoms with Crippen molar-refractivity contribution >= 4 is 34.5 Å². The highest BCUT2D eigenvalue weighted by atomic mass is 16.5. The van der Waals surface area contributed by atoms with Gasteiger partial charge in [0.1, 0.15) is 5.75 Å². The Kier molecular flexibility index (Phi) is 5.49. The first-order valence-corrected chi connectivity index (χ1v) is 9.76. The molecule has 7 heteroatoms. The summed E-state index contributed by atoms with van der Waals surface area (Å²) in [6.45, 7) is 0.0969. The van der Waals surface area contributed by atoms with Crippen molar-refractivity contribution in [3.05, 3.63) is 77.4 Å². The van der Waals surface area contributed by atoms with Crippen LogP contribution >= 0.6 is 0 Å². The van der Waals surface area contributed by atoms with E-state index in [1.54, 1.807) is 42.5 Å². The minimum absolute atomic E-state index is 0.00532. The third kappa shape index (κ3) is 3.90. The first-order valence-electron chi connectivity index (χ1n) is 9.76. The van der Waals surface area contributed by atoms with E-state index in [9.17, 15) is 19.2 Å². The van der Waals surface area contributed by atoms with E-state index in [1.807, 2.05) is 12.1 Å². The third-order valence-corrected chi connectivity index (χ3v) is 5.11. The maximum Gasteiger partial charge on any atom is 0.337 e. The molecular weight excluding hydrogens is 398 g/mol. The van der Waals surface area contributed by atoms with E-state index in [0.717, 1.165) is 5.39 Å². The number of carbonyl (C=O) groups is 4. The van der Waals surface area contributed by atoms with Gasteiger partial charge in [-0.05, 0) is 42.1 Å². The molecule has 0 aliphatic carbocycles. The van der Waals surface area contributed by atoms with E-state index in [2.05, 4.69) is 4.74 Å². The second-order valence-corrected chi connectivity index (χ2v) is 7.07. The van der Waals surface area contributed by atoms with Crippen LogP contribution in [-0.2, 0) is 9.53 Å². The molecule has 156 valence electrons. The Morgan fingerprint density at radius 2 is 1.55 bits per heavy atom. The fourth-order valence-corrected chi connectivity index (χ4v) is 3.65. The largest absolute Gasteiger partial charge is 0.465 e. The van der Waals surface area contributed by atoms with Gasteiger partial charge in [0.15, 0.2) is 0 Å².